The Morgan fingerprint density at radius 2 is 1.05 bits per heavy atom. The van der Waals surface area contributed by atoms with Gasteiger partial charge in [-0.3, -0.25) is 0 Å². The molecule has 0 saturated heterocycles. The van der Waals surface area contributed by atoms with Crippen molar-refractivity contribution in [2.45, 2.75) is 40.5 Å². The number of rotatable bonds is 4. The van der Waals surface area contributed by atoms with E-state index in [2.05, 4.69) is 161 Å². The maximum atomic E-state index is 2.32. The Hall–Kier alpha value is -3.67. The average Bonchev–Trinajstić information content (AvgIpc) is 3.61. The molecule has 0 bridgehead atoms. The van der Waals surface area contributed by atoms with E-state index in [0.29, 0.717) is 0 Å². The molecule has 0 unspecified atom stereocenters. The molecule has 0 heterocycles. The molecule has 0 fully saturated rings. The fourth-order valence-electron chi connectivity index (χ4n) is 5.48. The topological polar surface area (TPSA) is 0 Å². The van der Waals surface area contributed by atoms with Crippen molar-refractivity contribution in [3.63, 3.8) is 0 Å². The van der Waals surface area contributed by atoms with Crippen LogP contribution in [0.4, 0.5) is 0 Å². The van der Waals surface area contributed by atoms with E-state index in [4.69, 9.17) is 0 Å². The molecule has 206 valence electrons. The minimum atomic E-state index is 1.11. The number of hydrogen-bond acceptors (Lipinski definition) is 0. The van der Waals surface area contributed by atoms with Crippen molar-refractivity contribution in [1.29, 1.82) is 0 Å². The molecule has 0 radical (unpaired) electrons. The van der Waals surface area contributed by atoms with E-state index in [1.807, 2.05) is 0 Å². The summed E-state index contributed by atoms with van der Waals surface area (Å²) in [5, 5.41) is 8.30. The number of fused-ring (bicyclic) bond motifs is 4. The van der Waals surface area contributed by atoms with Crippen LogP contribution in [-0.4, -0.2) is 3.21 Å². The summed E-state index contributed by atoms with van der Waals surface area (Å²) in [6.07, 6.45) is 2.22. The summed E-state index contributed by atoms with van der Waals surface area (Å²) in [4.78, 5) is 0. The van der Waals surface area contributed by atoms with Crippen LogP contribution in [0, 0.1) is 13.8 Å². The summed E-state index contributed by atoms with van der Waals surface area (Å²) in [6, 6.07) is 48.0. The second-order valence-corrected chi connectivity index (χ2v) is 12.1. The Balaban J connectivity index is 0.000000129. The van der Waals surface area contributed by atoms with Crippen LogP contribution in [0.5, 0.6) is 0 Å². The van der Waals surface area contributed by atoms with Crippen LogP contribution in [0.3, 0.4) is 0 Å². The Morgan fingerprint density at radius 1 is 0.524 bits per heavy atom. The van der Waals surface area contributed by atoms with Crippen molar-refractivity contribution in [3.8, 4) is 0 Å². The first-order valence-electron chi connectivity index (χ1n) is 14.9. The number of aryl methyl sites for hydroxylation is 4. The van der Waals surface area contributed by atoms with Gasteiger partial charge in [0, 0.05) is 0 Å². The van der Waals surface area contributed by atoms with Gasteiger partial charge in [-0.25, -0.2) is 0 Å². The second kappa shape index (κ2) is 14.0. The molecule has 0 aliphatic rings. The molecule has 42 heavy (non-hydrogen) atoms. The predicted octanol–water partition coefficient (Wildman–Crippen LogP) is 10.8. The zero-order valence-corrected chi connectivity index (χ0v) is 27.6. The van der Waals surface area contributed by atoms with Crippen molar-refractivity contribution >= 4 is 35.5 Å². The molecule has 1 heteroatoms. The normalized spacial score (nSPS) is 10.7. The van der Waals surface area contributed by atoms with Gasteiger partial charge < -0.3 is 0 Å². The molecule has 0 aliphatic carbocycles. The Morgan fingerprint density at radius 3 is 1.52 bits per heavy atom. The average molecular weight is 622 g/mol. The Kier molecular flexibility index (Phi) is 9.94. The van der Waals surface area contributed by atoms with E-state index >= 15 is 0 Å². The third-order valence-corrected chi connectivity index (χ3v) is 9.31. The molecule has 0 N–H and O–H groups in total. The Labute approximate surface area is 265 Å². The van der Waals surface area contributed by atoms with Crippen molar-refractivity contribution in [2.24, 2.45) is 0 Å². The van der Waals surface area contributed by atoms with Crippen LogP contribution in [0.2, 0.25) is 0 Å². The summed E-state index contributed by atoms with van der Waals surface area (Å²) < 4.78 is 1.42. The van der Waals surface area contributed by atoms with Crippen LogP contribution in [-0.2, 0) is 37.1 Å². The van der Waals surface area contributed by atoms with Gasteiger partial charge in [-0.2, -0.15) is 6.07 Å². The monoisotopic (exact) mass is 620 g/mol. The van der Waals surface area contributed by atoms with E-state index in [1.54, 1.807) is 0 Å². The molecule has 0 saturated carbocycles. The third kappa shape index (κ3) is 7.03. The van der Waals surface area contributed by atoms with E-state index < -0.39 is 0 Å². The van der Waals surface area contributed by atoms with Crippen LogP contribution in [0.1, 0.15) is 47.2 Å². The molecule has 7 aromatic rings. The van der Waals surface area contributed by atoms with Crippen LogP contribution in [0.25, 0.3) is 32.3 Å². The van der Waals surface area contributed by atoms with E-state index in [-0.39, 0.29) is 0 Å². The molecule has 7 aromatic carbocycles. The molecule has 0 amide bonds. The van der Waals surface area contributed by atoms with Gasteiger partial charge >= 0.3 is 99.2 Å². The quantitative estimate of drug-likeness (QED) is 0.172. The molecular formula is C41H38Zr. The molecule has 0 aromatic heterocycles. The maximum absolute atomic E-state index is 2.32. The van der Waals surface area contributed by atoms with Crippen molar-refractivity contribution in [3.05, 3.63) is 167 Å². The van der Waals surface area contributed by atoms with Crippen LogP contribution >= 0.6 is 0 Å². The third-order valence-electron chi connectivity index (χ3n) is 7.89. The summed E-state index contributed by atoms with van der Waals surface area (Å²) in [5.74, 6) is 0. The van der Waals surface area contributed by atoms with Gasteiger partial charge in [-0.15, -0.1) is 74.3 Å². The summed E-state index contributed by atoms with van der Waals surface area (Å²) in [7, 11) is 0. The minimum absolute atomic E-state index is 1.11. The zero-order valence-electron chi connectivity index (χ0n) is 25.1. The first kappa shape index (κ1) is 29.8. The molecule has 0 atom stereocenters. The molecule has 0 spiro atoms. The predicted molar refractivity (Wildman–Crippen MR) is 181 cm³/mol. The van der Waals surface area contributed by atoms with Gasteiger partial charge in [0.1, 0.15) is 0 Å². The van der Waals surface area contributed by atoms with Gasteiger partial charge in [-0.1, -0.05) is 67.8 Å². The summed E-state index contributed by atoms with van der Waals surface area (Å²) in [6.45, 7) is 8.71. The zero-order chi connectivity index (χ0) is 29.5. The van der Waals surface area contributed by atoms with Gasteiger partial charge in [0.2, 0.25) is 0 Å². The van der Waals surface area contributed by atoms with Crippen molar-refractivity contribution in [1.82, 2.24) is 0 Å². The molecule has 0 nitrogen and oxygen atoms in total. The first-order valence-corrected chi connectivity index (χ1v) is 16.1. The summed E-state index contributed by atoms with van der Waals surface area (Å²) >= 11 is 1.46. The van der Waals surface area contributed by atoms with Crippen LogP contribution in [0.15, 0.2) is 133 Å². The second-order valence-electron chi connectivity index (χ2n) is 10.9. The van der Waals surface area contributed by atoms with Crippen LogP contribution < -0.4 is 0 Å². The molecule has 7 rings (SSSR count). The van der Waals surface area contributed by atoms with Crippen molar-refractivity contribution in [2.75, 3.05) is 0 Å². The van der Waals surface area contributed by atoms with E-state index in [9.17, 15) is 0 Å². The van der Waals surface area contributed by atoms with Gasteiger partial charge in [-0.05, 0) is 19.8 Å². The van der Waals surface area contributed by atoms with Gasteiger partial charge in [0.05, 0.1) is 0 Å². The fraction of sp³-hybridized carbons (Fsp3) is 0.146. The van der Waals surface area contributed by atoms with Gasteiger partial charge in [0.15, 0.2) is 0 Å². The van der Waals surface area contributed by atoms with E-state index in [0.717, 1.165) is 12.8 Å². The molecule has 0 aliphatic heterocycles. The standard InChI is InChI=1S/C17H17.C13H10.C11H11.Zr/c1-3-12-5-7-16-14(9-12)11-15-10-13(4-2)6-8-17(15)16;1-3-7-12(8-4-1)11-13-9-5-2-6-10-13;1-8-6-10-5-3-4-9(2)11(10)7-8;/h5-11H,3-4H2,1-2H3;1-10H;3-7H,1-2H3;/q-1;;-1;+2. The first-order chi connectivity index (χ1) is 20.5. The number of benzene rings is 5. The van der Waals surface area contributed by atoms with E-state index in [1.165, 1.54) is 93.1 Å². The number of hydrogen-bond donors (Lipinski definition) is 0. The molecular weight excluding hydrogens is 584 g/mol. The Bertz CT molecular complexity index is 1820. The van der Waals surface area contributed by atoms with Gasteiger partial charge in [0.25, 0.3) is 0 Å². The van der Waals surface area contributed by atoms with Crippen molar-refractivity contribution < 1.29 is 24.2 Å². The fourth-order valence-corrected chi connectivity index (χ4v) is 6.30. The summed E-state index contributed by atoms with van der Waals surface area (Å²) in [5.41, 5.74) is 8.23. The SMILES string of the molecule is CCc1ccc2c(c1)[cH-]c1cc(CC)ccc12.Cc1cc2c(C)cccc2[cH-]1.[Zr+2]=[C](c1ccccc1)c1ccccc1.